The van der Waals surface area contributed by atoms with Gasteiger partial charge in [-0.05, 0) is 42.3 Å². The molecule has 1 amide bonds. The van der Waals surface area contributed by atoms with Crippen molar-refractivity contribution < 1.29 is 4.79 Å². The molecule has 0 spiro atoms. The third kappa shape index (κ3) is 4.45. The van der Waals surface area contributed by atoms with Crippen molar-refractivity contribution in [1.82, 2.24) is 30.1 Å². The molecule has 0 aliphatic carbocycles. The summed E-state index contributed by atoms with van der Waals surface area (Å²) in [5.41, 5.74) is 8.03. The average molecular weight is 488 g/mol. The molecule has 8 heteroatoms. The highest BCUT2D eigenvalue weighted by atomic mass is 16.1. The number of hydrogen-bond donors (Lipinski definition) is 3. The fourth-order valence-electron chi connectivity index (χ4n) is 4.55. The molecule has 0 fully saturated rings. The molecule has 182 valence electrons. The lowest BCUT2D eigenvalue weighted by atomic mass is 10.0. The summed E-state index contributed by atoms with van der Waals surface area (Å²) in [6, 6.07) is 16.3. The summed E-state index contributed by atoms with van der Waals surface area (Å²) in [4.78, 5) is 28.9. The first-order valence-corrected chi connectivity index (χ1v) is 12.3. The Balaban J connectivity index is 1.37. The van der Waals surface area contributed by atoms with Crippen LogP contribution in [0.15, 0.2) is 79.5 Å². The molecule has 0 aliphatic heterocycles. The van der Waals surface area contributed by atoms with Gasteiger partial charge < -0.3 is 10.3 Å². The van der Waals surface area contributed by atoms with Crippen LogP contribution in [0.2, 0.25) is 0 Å². The minimum absolute atomic E-state index is 0.00374. The number of amides is 1. The normalized spacial score (nSPS) is 11.3. The van der Waals surface area contributed by atoms with Crippen LogP contribution in [-0.4, -0.2) is 36.0 Å². The number of carbonyl (C=O) groups excluding carboxylic acids is 1. The summed E-state index contributed by atoms with van der Waals surface area (Å²) in [5, 5.41) is 12.5. The van der Waals surface area contributed by atoms with Gasteiger partial charge in [0.25, 0.3) is 0 Å². The van der Waals surface area contributed by atoms with Gasteiger partial charge in [-0.1, -0.05) is 31.5 Å². The number of fused-ring (bicyclic) bond motifs is 2. The van der Waals surface area contributed by atoms with E-state index in [4.69, 9.17) is 0 Å². The molecular weight excluding hydrogens is 462 g/mol. The van der Waals surface area contributed by atoms with Crippen molar-refractivity contribution in [1.29, 1.82) is 0 Å². The molecule has 6 aromatic rings. The maximum atomic E-state index is 12.2. The number of nitrogens with zero attached hydrogens (tertiary/aromatic N) is 4. The largest absolute Gasteiger partial charge is 0.353 e. The van der Waals surface area contributed by atoms with Crippen LogP contribution in [0.4, 0.5) is 5.69 Å². The van der Waals surface area contributed by atoms with Gasteiger partial charge in [-0.25, -0.2) is 4.98 Å². The van der Waals surface area contributed by atoms with Gasteiger partial charge in [0.05, 0.1) is 23.3 Å². The zero-order valence-electron chi connectivity index (χ0n) is 20.3. The van der Waals surface area contributed by atoms with Crippen molar-refractivity contribution in [2.75, 3.05) is 5.32 Å². The summed E-state index contributed by atoms with van der Waals surface area (Å²) in [5.74, 6) is -0.00374. The molecule has 6 rings (SSSR count). The fourth-order valence-corrected chi connectivity index (χ4v) is 4.55. The molecule has 3 N–H and O–H groups in total. The number of carbonyl (C=O) groups is 1. The minimum Gasteiger partial charge on any atom is -0.353 e. The van der Waals surface area contributed by atoms with E-state index >= 15 is 0 Å². The Labute approximate surface area is 213 Å². The highest BCUT2D eigenvalue weighted by Crippen LogP contribution is 2.34. The third-order valence-corrected chi connectivity index (χ3v) is 6.43. The monoisotopic (exact) mass is 487 g/mol. The van der Waals surface area contributed by atoms with Crippen molar-refractivity contribution >= 4 is 33.5 Å². The lowest BCUT2D eigenvalue weighted by Gasteiger charge is -2.07. The van der Waals surface area contributed by atoms with Crippen molar-refractivity contribution in [2.24, 2.45) is 0 Å². The van der Waals surface area contributed by atoms with E-state index in [-0.39, 0.29) is 5.91 Å². The van der Waals surface area contributed by atoms with Gasteiger partial charge in [0.1, 0.15) is 0 Å². The maximum Gasteiger partial charge on any atom is 0.224 e. The zero-order valence-corrected chi connectivity index (χ0v) is 20.3. The number of unbranched alkanes of at least 4 members (excludes halogenated alkanes) is 1. The molecule has 0 aliphatic rings. The smallest absolute Gasteiger partial charge is 0.224 e. The Hall–Kier alpha value is -4.85. The van der Waals surface area contributed by atoms with E-state index in [1.165, 1.54) is 0 Å². The van der Waals surface area contributed by atoms with Crippen LogP contribution in [0, 0.1) is 0 Å². The molecule has 8 nitrogen and oxygen atoms in total. The summed E-state index contributed by atoms with van der Waals surface area (Å²) in [7, 11) is 0. The molecule has 0 atom stereocenters. The van der Waals surface area contributed by atoms with E-state index in [9.17, 15) is 4.79 Å². The number of benzene rings is 1. The predicted octanol–water partition coefficient (Wildman–Crippen LogP) is 6.36. The molecule has 5 aromatic heterocycles. The molecule has 1 aromatic carbocycles. The number of hydrogen-bond acceptors (Lipinski definition) is 5. The first kappa shape index (κ1) is 22.6. The lowest BCUT2D eigenvalue weighted by Crippen LogP contribution is -2.11. The first-order chi connectivity index (χ1) is 18.2. The Morgan fingerprint density at radius 2 is 1.81 bits per heavy atom. The summed E-state index contributed by atoms with van der Waals surface area (Å²) < 4.78 is 0. The molecule has 0 radical (unpaired) electrons. The van der Waals surface area contributed by atoms with Crippen LogP contribution in [0.5, 0.6) is 0 Å². The quantitative estimate of drug-likeness (QED) is 0.243. The number of aromatic nitrogens is 6. The second kappa shape index (κ2) is 9.66. The van der Waals surface area contributed by atoms with E-state index in [0.717, 1.165) is 62.8 Å². The van der Waals surface area contributed by atoms with E-state index in [1.54, 1.807) is 24.8 Å². The Kier molecular flexibility index (Phi) is 5.90. The number of nitrogens with one attached hydrogen (secondary N) is 3. The van der Waals surface area contributed by atoms with E-state index < -0.39 is 0 Å². The van der Waals surface area contributed by atoms with Crippen LogP contribution >= 0.6 is 0 Å². The van der Waals surface area contributed by atoms with E-state index in [0.29, 0.717) is 17.8 Å². The molecular formula is C29H25N7O. The van der Waals surface area contributed by atoms with Crippen LogP contribution in [-0.2, 0) is 4.79 Å². The maximum absolute atomic E-state index is 12.2. The number of anilines is 1. The van der Waals surface area contributed by atoms with Crippen LogP contribution in [0.3, 0.4) is 0 Å². The summed E-state index contributed by atoms with van der Waals surface area (Å²) >= 11 is 0. The Morgan fingerprint density at radius 1 is 0.919 bits per heavy atom. The Morgan fingerprint density at radius 3 is 2.68 bits per heavy atom. The van der Waals surface area contributed by atoms with Gasteiger partial charge in [0.15, 0.2) is 5.65 Å². The van der Waals surface area contributed by atoms with Crippen molar-refractivity contribution in [2.45, 2.75) is 26.2 Å². The molecule has 5 heterocycles. The minimum atomic E-state index is -0.00374. The molecule has 0 bridgehead atoms. The second-order valence-corrected chi connectivity index (χ2v) is 9.00. The summed E-state index contributed by atoms with van der Waals surface area (Å²) in [6.07, 6.45) is 11.2. The van der Waals surface area contributed by atoms with Gasteiger partial charge in [-0.3, -0.25) is 19.9 Å². The topological polar surface area (TPSA) is 112 Å². The molecule has 0 saturated heterocycles. The van der Waals surface area contributed by atoms with Gasteiger partial charge in [-0.15, -0.1) is 0 Å². The van der Waals surface area contributed by atoms with Crippen LogP contribution in [0.1, 0.15) is 26.2 Å². The standard InChI is InChI=1S/C29H25N7O/c1-2-3-9-27(37)33-21-11-19(15-31-17-21)20-12-24-28(35-36-29(24)32-16-20)26-13-23-22(7-4-8-25(23)34-26)18-6-5-10-30-14-18/h4-8,10-17,34H,2-3,9H2,1H3,(H,33,37)(H,32,35,36). The highest BCUT2D eigenvalue weighted by Gasteiger charge is 2.15. The van der Waals surface area contributed by atoms with E-state index in [1.807, 2.05) is 30.5 Å². The number of pyridine rings is 3. The van der Waals surface area contributed by atoms with E-state index in [2.05, 4.69) is 66.6 Å². The average Bonchev–Trinajstić information content (AvgIpc) is 3.56. The molecule has 37 heavy (non-hydrogen) atoms. The van der Waals surface area contributed by atoms with Gasteiger partial charge in [0.2, 0.25) is 5.91 Å². The molecule has 0 unspecified atom stereocenters. The summed E-state index contributed by atoms with van der Waals surface area (Å²) in [6.45, 7) is 2.07. The van der Waals surface area contributed by atoms with Crippen molar-refractivity contribution in [3.63, 3.8) is 0 Å². The molecule has 0 saturated carbocycles. The SMILES string of the molecule is CCCCC(=O)Nc1cncc(-c2cnc3n[nH]c(-c4cc5c(-c6cccnc6)cccc5[nH]4)c3c2)c1. The van der Waals surface area contributed by atoms with Gasteiger partial charge in [0, 0.05) is 64.2 Å². The van der Waals surface area contributed by atoms with Crippen LogP contribution in [0.25, 0.3) is 55.6 Å². The van der Waals surface area contributed by atoms with Crippen molar-refractivity contribution in [3.05, 3.63) is 79.5 Å². The fraction of sp³-hybridized carbons (Fsp3) is 0.138. The van der Waals surface area contributed by atoms with Crippen LogP contribution < -0.4 is 5.32 Å². The number of aromatic amines is 2. The van der Waals surface area contributed by atoms with Gasteiger partial charge in [-0.2, -0.15) is 5.10 Å². The third-order valence-electron chi connectivity index (χ3n) is 6.43. The number of H-pyrrole nitrogens is 2. The second-order valence-electron chi connectivity index (χ2n) is 9.00. The first-order valence-electron chi connectivity index (χ1n) is 12.3. The zero-order chi connectivity index (χ0) is 25.2. The highest BCUT2D eigenvalue weighted by molar-refractivity contribution is 6.01. The number of rotatable bonds is 7. The Bertz CT molecular complexity index is 1720. The predicted molar refractivity (Wildman–Crippen MR) is 146 cm³/mol. The van der Waals surface area contributed by atoms with Crippen molar-refractivity contribution in [3.8, 4) is 33.6 Å². The van der Waals surface area contributed by atoms with Gasteiger partial charge >= 0.3 is 0 Å². The lowest BCUT2D eigenvalue weighted by molar-refractivity contribution is -0.116.